The first-order chi connectivity index (χ1) is 7.62. The van der Waals surface area contributed by atoms with Crippen molar-refractivity contribution in [2.45, 2.75) is 18.6 Å². The Morgan fingerprint density at radius 1 is 1.56 bits per heavy atom. The lowest BCUT2D eigenvalue weighted by atomic mass is 10.1. The molecule has 0 unspecified atom stereocenters. The van der Waals surface area contributed by atoms with E-state index in [1.807, 2.05) is 23.9 Å². The molecule has 84 valence electrons. The van der Waals surface area contributed by atoms with Gasteiger partial charge in [0, 0.05) is 29.8 Å². The van der Waals surface area contributed by atoms with Gasteiger partial charge in [-0.05, 0) is 26.0 Å². The highest BCUT2D eigenvalue weighted by atomic mass is 32.2. The maximum atomic E-state index is 9.03. The van der Waals surface area contributed by atoms with Gasteiger partial charge in [0.15, 0.2) is 5.69 Å². The van der Waals surface area contributed by atoms with Crippen molar-refractivity contribution in [2.24, 2.45) is 0 Å². The van der Waals surface area contributed by atoms with Crippen LogP contribution >= 0.6 is 11.8 Å². The lowest BCUT2D eigenvalue weighted by Crippen LogP contribution is -2.43. The van der Waals surface area contributed by atoms with Crippen molar-refractivity contribution in [3.63, 3.8) is 0 Å². The molecule has 0 spiro atoms. The first-order valence-corrected chi connectivity index (χ1v) is 6.35. The molecule has 1 saturated heterocycles. The molecular weight excluding hydrogens is 218 g/mol. The molecule has 3 nitrogen and oxygen atoms in total. The third-order valence-corrected chi connectivity index (χ3v) is 3.96. The van der Waals surface area contributed by atoms with Crippen LogP contribution in [-0.2, 0) is 0 Å². The summed E-state index contributed by atoms with van der Waals surface area (Å²) in [5.41, 5.74) is 1.50. The Labute approximate surface area is 100 Å². The van der Waals surface area contributed by atoms with Gasteiger partial charge in [0.25, 0.3) is 0 Å². The quantitative estimate of drug-likeness (QED) is 0.746. The summed E-state index contributed by atoms with van der Waals surface area (Å²) in [6.45, 7) is 6.45. The van der Waals surface area contributed by atoms with Crippen LogP contribution in [0.3, 0.4) is 0 Å². The summed E-state index contributed by atoms with van der Waals surface area (Å²) in [7, 11) is 0. The van der Waals surface area contributed by atoms with Gasteiger partial charge in [-0.1, -0.05) is 0 Å². The number of hydrogen-bond donors (Lipinski definition) is 0. The molecule has 1 fully saturated rings. The molecule has 1 aromatic heterocycles. The molecule has 0 N–H and O–H groups in total. The van der Waals surface area contributed by atoms with Gasteiger partial charge in [-0.15, -0.1) is 0 Å². The fourth-order valence-corrected chi connectivity index (χ4v) is 3.07. The normalized spacial score (nSPS) is 19.2. The van der Waals surface area contributed by atoms with Crippen molar-refractivity contribution in [1.29, 1.82) is 5.26 Å². The third-order valence-electron chi connectivity index (χ3n) is 2.66. The highest BCUT2D eigenvalue weighted by molar-refractivity contribution is 8.00. The van der Waals surface area contributed by atoms with Crippen molar-refractivity contribution in [3.8, 4) is 6.07 Å². The zero-order chi connectivity index (χ0) is 11.6. The molecule has 2 heterocycles. The van der Waals surface area contributed by atoms with Crippen LogP contribution in [0.2, 0.25) is 0 Å². The average molecular weight is 233 g/mol. The van der Waals surface area contributed by atoms with Crippen molar-refractivity contribution in [2.75, 3.05) is 23.7 Å². The second-order valence-corrected chi connectivity index (χ2v) is 6.31. The summed E-state index contributed by atoms with van der Waals surface area (Å²) < 4.78 is 0.251. The van der Waals surface area contributed by atoms with E-state index in [1.165, 1.54) is 0 Å². The van der Waals surface area contributed by atoms with Crippen molar-refractivity contribution in [3.05, 3.63) is 24.0 Å². The molecule has 0 aromatic carbocycles. The van der Waals surface area contributed by atoms with Gasteiger partial charge < -0.3 is 4.90 Å². The maximum Gasteiger partial charge on any atom is 0.163 e. The molecule has 0 saturated carbocycles. The monoisotopic (exact) mass is 233 g/mol. The summed E-state index contributed by atoms with van der Waals surface area (Å²) in [5, 5.41) is 9.03. The number of anilines is 1. The number of rotatable bonds is 1. The van der Waals surface area contributed by atoms with Crippen LogP contribution in [0.5, 0.6) is 0 Å². The molecule has 1 aromatic rings. The minimum Gasteiger partial charge on any atom is -0.367 e. The third kappa shape index (κ3) is 2.30. The van der Waals surface area contributed by atoms with Gasteiger partial charge in [0.2, 0.25) is 0 Å². The summed E-state index contributed by atoms with van der Waals surface area (Å²) in [6, 6.07) is 6.04. The van der Waals surface area contributed by atoms with Crippen molar-refractivity contribution in [1.82, 2.24) is 4.98 Å². The lowest BCUT2D eigenvalue weighted by Gasteiger charge is -2.38. The standard InChI is InChI=1S/C12H15N3S/c1-12(2)9-15(6-7-16-12)11-4-3-5-14-10(11)8-13/h3-5H,6-7,9H2,1-2H3. The van der Waals surface area contributed by atoms with E-state index in [-0.39, 0.29) is 4.75 Å². The summed E-state index contributed by atoms with van der Waals surface area (Å²) in [4.78, 5) is 6.38. The fourth-order valence-electron chi connectivity index (χ4n) is 1.96. The van der Waals surface area contributed by atoms with Crippen molar-refractivity contribution < 1.29 is 0 Å². The molecular formula is C12H15N3S. The molecule has 2 rings (SSSR count). The second kappa shape index (κ2) is 4.34. The molecule has 4 heteroatoms. The summed E-state index contributed by atoms with van der Waals surface area (Å²) in [5.74, 6) is 1.10. The van der Waals surface area contributed by atoms with Crippen LogP contribution in [0.15, 0.2) is 18.3 Å². The van der Waals surface area contributed by atoms with Gasteiger partial charge >= 0.3 is 0 Å². The van der Waals surface area contributed by atoms with E-state index in [4.69, 9.17) is 5.26 Å². The molecule has 0 radical (unpaired) electrons. The topological polar surface area (TPSA) is 39.9 Å². The molecule has 0 aliphatic carbocycles. The first kappa shape index (κ1) is 11.3. The predicted octanol–water partition coefficient (Wildman–Crippen LogP) is 2.29. The molecule has 0 amide bonds. The van der Waals surface area contributed by atoms with E-state index in [1.54, 1.807) is 6.20 Å². The smallest absolute Gasteiger partial charge is 0.163 e. The van der Waals surface area contributed by atoms with Crippen LogP contribution < -0.4 is 4.90 Å². The Hall–Kier alpha value is -1.21. The molecule has 1 aliphatic heterocycles. The Morgan fingerprint density at radius 2 is 2.38 bits per heavy atom. The number of hydrogen-bond acceptors (Lipinski definition) is 4. The summed E-state index contributed by atoms with van der Waals surface area (Å²) in [6.07, 6.45) is 1.67. The molecule has 0 bridgehead atoms. The fraction of sp³-hybridized carbons (Fsp3) is 0.500. The highest BCUT2D eigenvalue weighted by Crippen LogP contribution is 2.32. The first-order valence-electron chi connectivity index (χ1n) is 5.36. The van der Waals surface area contributed by atoms with Gasteiger partial charge in [-0.2, -0.15) is 17.0 Å². The van der Waals surface area contributed by atoms with Crippen LogP contribution in [0, 0.1) is 11.3 Å². The van der Waals surface area contributed by atoms with E-state index in [0.29, 0.717) is 5.69 Å². The minimum absolute atomic E-state index is 0.251. The Balaban J connectivity index is 2.27. The van der Waals surface area contributed by atoms with Crippen LogP contribution in [0.25, 0.3) is 0 Å². The predicted molar refractivity (Wildman–Crippen MR) is 67.7 cm³/mol. The van der Waals surface area contributed by atoms with E-state index < -0.39 is 0 Å². The number of aromatic nitrogens is 1. The Morgan fingerprint density at radius 3 is 3.06 bits per heavy atom. The van der Waals surface area contributed by atoms with Gasteiger partial charge in [-0.25, -0.2) is 4.98 Å². The summed E-state index contributed by atoms with van der Waals surface area (Å²) >= 11 is 1.99. The highest BCUT2D eigenvalue weighted by Gasteiger charge is 2.28. The van der Waals surface area contributed by atoms with Gasteiger partial charge in [-0.3, -0.25) is 0 Å². The zero-order valence-corrected chi connectivity index (χ0v) is 10.4. The number of nitrogens with zero attached hydrogens (tertiary/aromatic N) is 3. The number of pyridine rings is 1. The number of thioether (sulfide) groups is 1. The largest absolute Gasteiger partial charge is 0.367 e. The Bertz CT molecular complexity index is 423. The van der Waals surface area contributed by atoms with E-state index >= 15 is 0 Å². The minimum atomic E-state index is 0.251. The SMILES string of the molecule is CC1(C)CN(c2cccnc2C#N)CCS1. The molecule has 1 aliphatic rings. The van der Waals surface area contributed by atoms with E-state index in [0.717, 1.165) is 24.5 Å². The Kier molecular flexibility index (Phi) is 3.06. The van der Waals surface area contributed by atoms with Gasteiger partial charge in [0.1, 0.15) is 6.07 Å². The molecule has 0 atom stereocenters. The second-order valence-electron chi connectivity index (χ2n) is 4.51. The van der Waals surface area contributed by atoms with Crippen LogP contribution in [0.1, 0.15) is 19.5 Å². The maximum absolute atomic E-state index is 9.03. The molecule has 16 heavy (non-hydrogen) atoms. The van der Waals surface area contributed by atoms with E-state index in [2.05, 4.69) is 29.8 Å². The lowest BCUT2D eigenvalue weighted by molar-refractivity contribution is 0.646. The van der Waals surface area contributed by atoms with E-state index in [9.17, 15) is 0 Å². The van der Waals surface area contributed by atoms with Crippen LogP contribution in [0.4, 0.5) is 5.69 Å². The number of nitriles is 1. The zero-order valence-electron chi connectivity index (χ0n) is 9.60. The van der Waals surface area contributed by atoms with Gasteiger partial charge in [0.05, 0.1) is 5.69 Å². The van der Waals surface area contributed by atoms with Crippen LogP contribution in [-0.4, -0.2) is 28.6 Å². The average Bonchev–Trinajstić information content (AvgIpc) is 2.27. The van der Waals surface area contributed by atoms with Crippen molar-refractivity contribution >= 4 is 17.4 Å².